The van der Waals surface area contributed by atoms with Gasteiger partial charge in [0.15, 0.2) is 0 Å². The molecule has 0 N–H and O–H groups in total. The number of halogens is 1. The van der Waals surface area contributed by atoms with Crippen LogP contribution in [0.15, 0.2) is 45.1 Å². The lowest BCUT2D eigenvalue weighted by Crippen LogP contribution is -2.27. The summed E-state index contributed by atoms with van der Waals surface area (Å²) in [5.74, 6) is -0.388. The molecule has 0 saturated carbocycles. The second-order valence-electron chi connectivity index (χ2n) is 4.84. The molecule has 1 aromatic carbocycles. The van der Waals surface area contributed by atoms with Gasteiger partial charge in [0.2, 0.25) is 0 Å². The molecular weight excluding hydrogens is 416 g/mol. The molecule has 3 rings (SSSR count). The van der Waals surface area contributed by atoms with Crippen LogP contribution in [0.2, 0.25) is 0 Å². The first-order valence-corrected chi connectivity index (χ1v) is 9.10. The minimum atomic E-state index is -0.508. The van der Waals surface area contributed by atoms with E-state index in [9.17, 15) is 19.7 Å². The Labute approximate surface area is 153 Å². The Morgan fingerprint density at radius 1 is 1.25 bits per heavy atom. The summed E-state index contributed by atoms with van der Waals surface area (Å²) in [5, 5.41) is 10.4. The number of thiophene rings is 1. The molecule has 24 heavy (non-hydrogen) atoms. The summed E-state index contributed by atoms with van der Waals surface area (Å²) in [7, 11) is 0. The van der Waals surface area contributed by atoms with E-state index in [0.29, 0.717) is 10.5 Å². The normalized spacial score (nSPS) is 16.2. The van der Waals surface area contributed by atoms with Crippen LogP contribution in [0.1, 0.15) is 10.4 Å². The maximum atomic E-state index is 12.4. The number of imide groups is 1. The molecule has 1 aromatic heterocycles. The number of carbonyl (C=O) groups is 2. The second kappa shape index (κ2) is 6.88. The second-order valence-corrected chi connectivity index (χ2v) is 8.32. The SMILES string of the molecule is O=C1S/C(=C/c2ccc(Br)s2)C(=O)N1Cc1cccc([N+](=O)[O-])c1. The van der Waals surface area contributed by atoms with E-state index < -0.39 is 4.92 Å². The highest BCUT2D eigenvalue weighted by Gasteiger charge is 2.35. The summed E-state index contributed by atoms with van der Waals surface area (Å²) < 4.78 is 0.935. The zero-order valence-electron chi connectivity index (χ0n) is 12.0. The summed E-state index contributed by atoms with van der Waals surface area (Å²) in [5.41, 5.74) is 0.463. The number of nitro groups is 1. The van der Waals surface area contributed by atoms with E-state index in [-0.39, 0.29) is 23.4 Å². The van der Waals surface area contributed by atoms with Crippen molar-refractivity contribution in [1.29, 1.82) is 0 Å². The molecule has 2 heterocycles. The topological polar surface area (TPSA) is 80.5 Å². The number of rotatable bonds is 4. The van der Waals surface area contributed by atoms with Gasteiger partial charge in [-0.25, -0.2) is 0 Å². The standard InChI is InChI=1S/C15H9BrN2O4S2/c16-13-5-4-11(23-13)7-12-14(19)17(15(20)24-12)8-9-2-1-3-10(6-9)18(21)22/h1-7H,8H2/b12-7+. The van der Waals surface area contributed by atoms with Gasteiger partial charge in [-0.2, -0.15) is 0 Å². The Bertz CT molecular complexity index is 878. The quantitative estimate of drug-likeness (QED) is 0.405. The van der Waals surface area contributed by atoms with Crippen LogP contribution in [0.25, 0.3) is 6.08 Å². The van der Waals surface area contributed by atoms with E-state index in [1.165, 1.54) is 29.5 Å². The molecule has 1 aliphatic rings. The summed E-state index contributed by atoms with van der Waals surface area (Å²) in [6, 6.07) is 9.63. The van der Waals surface area contributed by atoms with Crippen molar-refractivity contribution in [1.82, 2.24) is 4.90 Å². The number of non-ortho nitro benzene ring substituents is 1. The number of amides is 2. The number of hydrogen-bond donors (Lipinski definition) is 0. The molecule has 0 bridgehead atoms. The molecule has 6 nitrogen and oxygen atoms in total. The van der Waals surface area contributed by atoms with E-state index in [1.54, 1.807) is 12.1 Å². The van der Waals surface area contributed by atoms with E-state index in [0.717, 1.165) is 25.3 Å². The Morgan fingerprint density at radius 2 is 2.04 bits per heavy atom. The first-order chi connectivity index (χ1) is 11.4. The van der Waals surface area contributed by atoms with Crippen molar-refractivity contribution in [2.45, 2.75) is 6.54 Å². The molecule has 0 atom stereocenters. The van der Waals surface area contributed by atoms with Crippen LogP contribution in [0, 0.1) is 10.1 Å². The van der Waals surface area contributed by atoms with Crippen molar-refractivity contribution in [3.05, 3.63) is 65.6 Å². The lowest BCUT2D eigenvalue weighted by Gasteiger charge is -2.12. The molecule has 122 valence electrons. The lowest BCUT2D eigenvalue weighted by molar-refractivity contribution is -0.384. The van der Waals surface area contributed by atoms with Crippen LogP contribution < -0.4 is 0 Å². The summed E-state index contributed by atoms with van der Waals surface area (Å²) in [4.78, 5) is 37.1. The number of hydrogen-bond acceptors (Lipinski definition) is 6. The van der Waals surface area contributed by atoms with Crippen LogP contribution >= 0.6 is 39.0 Å². The monoisotopic (exact) mass is 424 g/mol. The van der Waals surface area contributed by atoms with Crippen molar-refractivity contribution in [2.75, 3.05) is 0 Å². The van der Waals surface area contributed by atoms with Gasteiger partial charge < -0.3 is 0 Å². The summed E-state index contributed by atoms with van der Waals surface area (Å²) >= 11 is 5.68. The van der Waals surface area contributed by atoms with E-state index in [1.807, 2.05) is 12.1 Å². The fourth-order valence-corrected chi connectivity index (χ4v) is 4.39. The number of nitrogens with zero attached hydrogens (tertiary/aromatic N) is 2. The van der Waals surface area contributed by atoms with E-state index >= 15 is 0 Å². The maximum Gasteiger partial charge on any atom is 0.293 e. The molecule has 1 aliphatic heterocycles. The largest absolute Gasteiger partial charge is 0.293 e. The summed E-state index contributed by atoms with van der Waals surface area (Å²) in [6.07, 6.45) is 1.67. The van der Waals surface area contributed by atoms with Crippen molar-refractivity contribution < 1.29 is 14.5 Å². The third-order valence-corrected chi connectivity index (χ3v) is 5.68. The van der Waals surface area contributed by atoms with Crippen molar-refractivity contribution >= 4 is 61.9 Å². The molecule has 0 spiro atoms. The average molecular weight is 425 g/mol. The first-order valence-electron chi connectivity index (χ1n) is 6.68. The molecular formula is C15H9BrN2O4S2. The van der Waals surface area contributed by atoms with Gasteiger partial charge in [-0.3, -0.25) is 24.6 Å². The van der Waals surface area contributed by atoms with Crippen molar-refractivity contribution in [3.8, 4) is 0 Å². The molecule has 9 heteroatoms. The number of nitro benzene ring substituents is 1. The molecule has 2 amide bonds. The average Bonchev–Trinajstić information content (AvgIpc) is 3.06. The van der Waals surface area contributed by atoms with Gasteiger partial charge in [-0.05, 0) is 51.5 Å². The molecule has 2 aromatic rings. The molecule has 0 aliphatic carbocycles. The number of thioether (sulfide) groups is 1. The van der Waals surface area contributed by atoms with Crippen LogP contribution in [-0.4, -0.2) is 21.0 Å². The van der Waals surface area contributed by atoms with Crippen LogP contribution in [0.5, 0.6) is 0 Å². The highest BCUT2D eigenvalue weighted by atomic mass is 79.9. The minimum absolute atomic E-state index is 0.0117. The Morgan fingerprint density at radius 3 is 2.71 bits per heavy atom. The third-order valence-electron chi connectivity index (χ3n) is 3.20. The van der Waals surface area contributed by atoms with Crippen LogP contribution in [-0.2, 0) is 11.3 Å². The molecule has 0 radical (unpaired) electrons. The van der Waals surface area contributed by atoms with E-state index in [2.05, 4.69) is 15.9 Å². The van der Waals surface area contributed by atoms with Gasteiger partial charge >= 0.3 is 0 Å². The number of benzene rings is 1. The predicted octanol–water partition coefficient (Wildman–Crippen LogP) is 4.66. The van der Waals surface area contributed by atoms with Gasteiger partial charge in [0.25, 0.3) is 16.8 Å². The van der Waals surface area contributed by atoms with Gasteiger partial charge in [0, 0.05) is 17.0 Å². The molecule has 1 fully saturated rings. The highest BCUT2D eigenvalue weighted by molar-refractivity contribution is 9.11. The fraction of sp³-hybridized carbons (Fsp3) is 0.0667. The Hall–Kier alpha value is -1.97. The highest BCUT2D eigenvalue weighted by Crippen LogP contribution is 2.35. The Kier molecular flexibility index (Phi) is 4.83. The zero-order chi connectivity index (χ0) is 17.3. The first kappa shape index (κ1) is 16.9. The predicted molar refractivity (Wildman–Crippen MR) is 96.6 cm³/mol. The maximum absolute atomic E-state index is 12.4. The third kappa shape index (κ3) is 3.58. The molecule has 1 saturated heterocycles. The Balaban J connectivity index is 1.81. The minimum Gasteiger partial charge on any atom is -0.268 e. The van der Waals surface area contributed by atoms with Crippen LogP contribution in [0.4, 0.5) is 10.5 Å². The van der Waals surface area contributed by atoms with Gasteiger partial charge in [-0.1, -0.05) is 12.1 Å². The van der Waals surface area contributed by atoms with E-state index in [4.69, 9.17) is 0 Å². The van der Waals surface area contributed by atoms with Gasteiger partial charge in [-0.15, -0.1) is 11.3 Å². The zero-order valence-corrected chi connectivity index (χ0v) is 15.2. The number of carbonyl (C=O) groups excluding carboxylic acids is 2. The molecule has 0 unspecified atom stereocenters. The van der Waals surface area contributed by atoms with Crippen molar-refractivity contribution in [2.24, 2.45) is 0 Å². The lowest BCUT2D eigenvalue weighted by atomic mass is 10.2. The fourth-order valence-electron chi connectivity index (χ4n) is 2.12. The van der Waals surface area contributed by atoms with Crippen molar-refractivity contribution in [3.63, 3.8) is 0 Å². The van der Waals surface area contributed by atoms with Gasteiger partial charge in [0.05, 0.1) is 20.2 Å². The van der Waals surface area contributed by atoms with Crippen LogP contribution in [0.3, 0.4) is 0 Å². The smallest absolute Gasteiger partial charge is 0.268 e. The summed E-state index contributed by atoms with van der Waals surface area (Å²) in [6.45, 7) is 0.0117. The van der Waals surface area contributed by atoms with Gasteiger partial charge in [0.1, 0.15) is 0 Å².